The van der Waals surface area contributed by atoms with E-state index in [1.165, 1.54) is 0 Å². The second-order valence-electron chi connectivity index (χ2n) is 3.57. The lowest BCUT2D eigenvalue weighted by molar-refractivity contribution is 0.395. The smallest absolute Gasteiger partial charge is 0.187 e. The van der Waals surface area contributed by atoms with E-state index in [2.05, 4.69) is 5.32 Å². The van der Waals surface area contributed by atoms with Crippen molar-refractivity contribution in [1.82, 2.24) is 5.32 Å². The lowest BCUT2D eigenvalue weighted by Crippen LogP contribution is -2.19. The van der Waals surface area contributed by atoms with Crippen molar-refractivity contribution in [2.45, 2.75) is 13.5 Å². The molecule has 2 N–H and O–H groups in total. The molecule has 86 valence electrons. The highest BCUT2D eigenvalue weighted by atomic mass is 19.1. The van der Waals surface area contributed by atoms with E-state index in [1.54, 1.807) is 6.92 Å². The minimum absolute atomic E-state index is 0.160. The molecule has 1 atom stereocenters. The summed E-state index contributed by atoms with van der Waals surface area (Å²) in [6.45, 7) is 2.44. The van der Waals surface area contributed by atoms with Crippen molar-refractivity contribution in [1.29, 1.82) is 5.26 Å². The molecule has 1 aromatic rings. The van der Waals surface area contributed by atoms with Crippen molar-refractivity contribution < 1.29 is 13.9 Å². The van der Waals surface area contributed by atoms with Gasteiger partial charge in [0.1, 0.15) is 0 Å². The number of hydrogen-bond donors (Lipinski definition) is 2. The molecule has 0 amide bonds. The van der Waals surface area contributed by atoms with Gasteiger partial charge in [-0.05, 0) is 24.6 Å². The molecule has 1 unspecified atom stereocenters. The Morgan fingerprint density at radius 3 is 2.50 bits per heavy atom. The highest BCUT2D eigenvalue weighted by Gasteiger charge is 2.09. The quantitative estimate of drug-likeness (QED) is 0.824. The van der Waals surface area contributed by atoms with Crippen LogP contribution >= 0.6 is 0 Å². The van der Waals surface area contributed by atoms with Gasteiger partial charge in [0.15, 0.2) is 17.4 Å². The van der Waals surface area contributed by atoms with Gasteiger partial charge in [-0.2, -0.15) is 5.26 Å². The molecule has 0 radical (unpaired) electrons. The van der Waals surface area contributed by atoms with Crippen molar-refractivity contribution in [2.75, 3.05) is 6.54 Å². The highest BCUT2D eigenvalue weighted by molar-refractivity contribution is 5.29. The molecule has 0 heterocycles. The first kappa shape index (κ1) is 12.4. The average Bonchev–Trinajstić information content (AvgIpc) is 2.25. The molecule has 0 saturated carbocycles. The van der Waals surface area contributed by atoms with Crippen LogP contribution in [-0.4, -0.2) is 11.7 Å². The zero-order chi connectivity index (χ0) is 12.1. The Morgan fingerprint density at radius 1 is 1.44 bits per heavy atom. The molecule has 0 bridgehead atoms. The molecule has 0 saturated heterocycles. The van der Waals surface area contributed by atoms with Crippen LogP contribution in [0.1, 0.15) is 12.5 Å². The second kappa shape index (κ2) is 5.42. The topological polar surface area (TPSA) is 56.0 Å². The zero-order valence-electron chi connectivity index (χ0n) is 8.80. The largest absolute Gasteiger partial charge is 0.503 e. The third-order valence-corrected chi connectivity index (χ3v) is 2.08. The maximum absolute atomic E-state index is 12.9. The molecule has 5 heteroatoms. The van der Waals surface area contributed by atoms with E-state index >= 15 is 0 Å². The molecule has 0 aromatic heterocycles. The Balaban J connectivity index is 2.59. The Morgan fingerprint density at radius 2 is 2.00 bits per heavy atom. The number of rotatable bonds is 4. The summed E-state index contributed by atoms with van der Waals surface area (Å²) in [4.78, 5) is 0. The Kier molecular flexibility index (Phi) is 4.20. The summed E-state index contributed by atoms with van der Waals surface area (Å²) in [5.74, 6) is -3.09. The predicted molar refractivity (Wildman–Crippen MR) is 54.5 cm³/mol. The number of phenols is 1. The van der Waals surface area contributed by atoms with Crippen LogP contribution in [0.5, 0.6) is 5.75 Å². The Labute approximate surface area is 92.3 Å². The second-order valence-corrected chi connectivity index (χ2v) is 3.57. The fourth-order valence-corrected chi connectivity index (χ4v) is 1.20. The van der Waals surface area contributed by atoms with E-state index in [0.717, 1.165) is 12.1 Å². The van der Waals surface area contributed by atoms with Crippen LogP contribution in [0, 0.1) is 28.9 Å². The van der Waals surface area contributed by atoms with Gasteiger partial charge >= 0.3 is 0 Å². The Bertz CT molecular complexity index is 392. The van der Waals surface area contributed by atoms with E-state index in [9.17, 15) is 8.78 Å². The number of halogens is 2. The van der Waals surface area contributed by atoms with Crippen LogP contribution in [-0.2, 0) is 6.54 Å². The Hall–Kier alpha value is -1.67. The molecule has 16 heavy (non-hydrogen) atoms. The summed E-state index contributed by atoms with van der Waals surface area (Å²) in [6.07, 6.45) is 0. The molecular formula is C11H12F2N2O. The van der Waals surface area contributed by atoms with Gasteiger partial charge in [0.25, 0.3) is 0 Å². The van der Waals surface area contributed by atoms with E-state index in [1.807, 2.05) is 6.07 Å². The summed E-state index contributed by atoms with van der Waals surface area (Å²) in [5.41, 5.74) is 0.387. The number of benzene rings is 1. The minimum atomic E-state index is -0.981. The zero-order valence-corrected chi connectivity index (χ0v) is 8.80. The van der Waals surface area contributed by atoms with Crippen LogP contribution in [0.15, 0.2) is 12.1 Å². The van der Waals surface area contributed by atoms with Crippen molar-refractivity contribution in [3.05, 3.63) is 29.3 Å². The van der Waals surface area contributed by atoms with Crippen LogP contribution in [0.2, 0.25) is 0 Å². The van der Waals surface area contributed by atoms with Gasteiger partial charge in [-0.3, -0.25) is 0 Å². The number of aromatic hydroxyl groups is 1. The number of hydrogen-bond acceptors (Lipinski definition) is 3. The van der Waals surface area contributed by atoms with Crippen LogP contribution < -0.4 is 5.32 Å². The van der Waals surface area contributed by atoms with Crippen molar-refractivity contribution in [3.8, 4) is 11.8 Å². The average molecular weight is 226 g/mol. The van der Waals surface area contributed by atoms with Crippen LogP contribution in [0.25, 0.3) is 0 Å². The number of nitriles is 1. The van der Waals surface area contributed by atoms with Crippen molar-refractivity contribution in [2.24, 2.45) is 5.92 Å². The number of phenolic OH excluding ortho intramolecular Hbond substituents is 1. The molecule has 3 nitrogen and oxygen atoms in total. The number of nitrogens with one attached hydrogen (secondary N) is 1. The van der Waals surface area contributed by atoms with E-state index in [4.69, 9.17) is 10.4 Å². The van der Waals surface area contributed by atoms with Gasteiger partial charge in [-0.1, -0.05) is 0 Å². The monoisotopic (exact) mass is 226 g/mol. The van der Waals surface area contributed by atoms with Gasteiger partial charge in [-0.15, -0.1) is 0 Å². The maximum Gasteiger partial charge on any atom is 0.187 e. The molecule has 0 aliphatic rings. The van der Waals surface area contributed by atoms with E-state index in [-0.39, 0.29) is 12.5 Å². The summed E-state index contributed by atoms with van der Waals surface area (Å²) >= 11 is 0. The predicted octanol–water partition coefficient (Wildman–Crippen LogP) is 1.92. The van der Waals surface area contributed by atoms with Gasteiger partial charge in [0, 0.05) is 13.1 Å². The van der Waals surface area contributed by atoms with Gasteiger partial charge in [0.05, 0.1) is 12.0 Å². The molecule has 0 aliphatic heterocycles. The number of nitrogens with zero attached hydrogens (tertiary/aromatic N) is 1. The van der Waals surface area contributed by atoms with Crippen molar-refractivity contribution in [3.63, 3.8) is 0 Å². The first-order valence-corrected chi connectivity index (χ1v) is 4.81. The van der Waals surface area contributed by atoms with E-state index in [0.29, 0.717) is 12.1 Å². The highest BCUT2D eigenvalue weighted by Crippen LogP contribution is 2.21. The molecule has 0 aliphatic carbocycles. The first-order valence-electron chi connectivity index (χ1n) is 4.81. The lowest BCUT2D eigenvalue weighted by atomic mass is 10.1. The fraction of sp³-hybridized carbons (Fsp3) is 0.364. The summed E-state index contributed by atoms with van der Waals surface area (Å²) in [7, 11) is 0. The molecule has 0 spiro atoms. The fourth-order valence-electron chi connectivity index (χ4n) is 1.20. The SMILES string of the molecule is CC(C#N)CNCc1cc(F)c(O)c(F)c1. The van der Waals surface area contributed by atoms with Gasteiger partial charge < -0.3 is 10.4 Å². The lowest BCUT2D eigenvalue weighted by Gasteiger charge is -2.07. The van der Waals surface area contributed by atoms with Crippen LogP contribution in [0.3, 0.4) is 0 Å². The third-order valence-electron chi connectivity index (χ3n) is 2.08. The third kappa shape index (κ3) is 3.17. The molecular weight excluding hydrogens is 214 g/mol. The van der Waals surface area contributed by atoms with Crippen LogP contribution in [0.4, 0.5) is 8.78 Å². The normalized spacial score (nSPS) is 12.1. The van der Waals surface area contributed by atoms with Crippen molar-refractivity contribution >= 4 is 0 Å². The first-order chi connectivity index (χ1) is 7.54. The van der Waals surface area contributed by atoms with Gasteiger partial charge in [0.2, 0.25) is 0 Å². The minimum Gasteiger partial charge on any atom is -0.503 e. The summed E-state index contributed by atoms with van der Waals surface area (Å²) in [6, 6.07) is 4.15. The molecule has 1 rings (SSSR count). The standard InChI is InChI=1S/C11H12F2N2O/c1-7(4-14)5-15-6-8-2-9(12)11(16)10(13)3-8/h2-3,7,15-16H,5-6H2,1H3. The summed E-state index contributed by atoms with van der Waals surface area (Å²) < 4.78 is 25.8. The van der Waals surface area contributed by atoms with Gasteiger partial charge in [-0.25, -0.2) is 8.78 Å². The molecule has 1 aromatic carbocycles. The molecule has 0 fully saturated rings. The summed E-state index contributed by atoms with van der Waals surface area (Å²) in [5, 5.41) is 20.3. The maximum atomic E-state index is 12.9. The van der Waals surface area contributed by atoms with E-state index < -0.39 is 17.4 Å².